The molecule has 1 aromatic carbocycles. The van der Waals surface area contributed by atoms with Gasteiger partial charge >= 0.3 is 0 Å². The van der Waals surface area contributed by atoms with Gasteiger partial charge in [0.1, 0.15) is 5.01 Å². The number of aromatic nitrogens is 2. The van der Waals surface area contributed by atoms with Gasteiger partial charge in [0.2, 0.25) is 10.0 Å². The SMILES string of the molecule is Cc1nc(-c2ccccc2)sc1CNc1ncc(S(N)(=O)=O)s1. The molecule has 2 aromatic heterocycles. The Bertz CT molecular complexity index is 917. The molecule has 0 saturated heterocycles. The minimum Gasteiger partial charge on any atom is -0.357 e. The first kappa shape index (κ1) is 16.1. The summed E-state index contributed by atoms with van der Waals surface area (Å²) in [5, 5.41) is 9.67. The number of nitrogens with one attached hydrogen (secondary N) is 1. The predicted molar refractivity (Wildman–Crippen MR) is 93.1 cm³/mol. The van der Waals surface area contributed by atoms with Crippen molar-refractivity contribution in [3.05, 3.63) is 47.1 Å². The Kier molecular flexibility index (Phi) is 4.44. The second kappa shape index (κ2) is 6.36. The van der Waals surface area contributed by atoms with Gasteiger partial charge < -0.3 is 5.32 Å². The van der Waals surface area contributed by atoms with Crippen molar-refractivity contribution in [2.45, 2.75) is 17.7 Å². The van der Waals surface area contributed by atoms with Crippen LogP contribution in [0.25, 0.3) is 10.6 Å². The normalized spacial score (nSPS) is 11.6. The van der Waals surface area contributed by atoms with E-state index in [2.05, 4.69) is 15.3 Å². The highest BCUT2D eigenvalue weighted by Crippen LogP contribution is 2.29. The molecule has 3 rings (SSSR count). The van der Waals surface area contributed by atoms with E-state index in [1.54, 1.807) is 11.3 Å². The number of thiazole rings is 2. The summed E-state index contributed by atoms with van der Waals surface area (Å²) in [7, 11) is -3.70. The number of nitrogens with zero attached hydrogens (tertiary/aromatic N) is 2. The first-order valence-electron chi connectivity index (χ1n) is 6.68. The van der Waals surface area contributed by atoms with E-state index in [4.69, 9.17) is 5.14 Å². The maximum Gasteiger partial charge on any atom is 0.249 e. The standard InChI is InChI=1S/C14H14N4O2S3/c1-9-11(21-13(18-9)10-5-3-2-4-6-10)7-16-14-17-8-12(22-14)23(15,19)20/h2-6,8H,7H2,1H3,(H,16,17)(H2,15,19,20). The molecule has 0 amide bonds. The second-order valence-corrected chi connectivity index (χ2v) is 8.68. The number of anilines is 1. The summed E-state index contributed by atoms with van der Waals surface area (Å²) >= 11 is 2.62. The molecule has 3 N–H and O–H groups in total. The molecule has 9 heteroatoms. The quantitative estimate of drug-likeness (QED) is 0.723. The van der Waals surface area contributed by atoms with Crippen LogP contribution in [0, 0.1) is 6.92 Å². The molecule has 0 fully saturated rings. The van der Waals surface area contributed by atoms with E-state index in [1.807, 2.05) is 37.3 Å². The summed E-state index contributed by atoms with van der Waals surface area (Å²) in [5.41, 5.74) is 2.03. The van der Waals surface area contributed by atoms with Crippen molar-refractivity contribution in [3.63, 3.8) is 0 Å². The number of aryl methyl sites for hydroxylation is 1. The van der Waals surface area contributed by atoms with Crippen LogP contribution in [0.5, 0.6) is 0 Å². The summed E-state index contributed by atoms with van der Waals surface area (Å²) in [6.45, 7) is 2.49. The van der Waals surface area contributed by atoms with Gasteiger partial charge in [0.05, 0.1) is 18.4 Å². The fourth-order valence-electron chi connectivity index (χ4n) is 1.92. The van der Waals surface area contributed by atoms with E-state index in [1.165, 1.54) is 6.20 Å². The maximum absolute atomic E-state index is 11.2. The van der Waals surface area contributed by atoms with Crippen LogP contribution in [-0.4, -0.2) is 18.4 Å². The van der Waals surface area contributed by atoms with E-state index in [9.17, 15) is 8.42 Å². The summed E-state index contributed by atoms with van der Waals surface area (Å²) in [6.07, 6.45) is 1.26. The zero-order valence-electron chi connectivity index (χ0n) is 12.2. The predicted octanol–water partition coefficient (Wildman–Crippen LogP) is 2.83. The molecular formula is C14H14N4O2S3. The van der Waals surface area contributed by atoms with Gasteiger partial charge in [-0.15, -0.1) is 11.3 Å². The number of rotatable bonds is 5. The van der Waals surface area contributed by atoms with E-state index >= 15 is 0 Å². The zero-order chi connectivity index (χ0) is 16.4. The van der Waals surface area contributed by atoms with Gasteiger partial charge in [-0.3, -0.25) is 0 Å². The lowest BCUT2D eigenvalue weighted by molar-refractivity contribution is 0.599. The van der Waals surface area contributed by atoms with E-state index in [0.717, 1.165) is 32.5 Å². The molecule has 0 aliphatic carbocycles. The molecule has 3 aromatic rings. The molecule has 0 aliphatic rings. The Hall–Kier alpha value is -1.81. The highest BCUT2D eigenvalue weighted by atomic mass is 32.2. The number of hydrogen-bond donors (Lipinski definition) is 2. The van der Waals surface area contributed by atoms with Gasteiger partial charge in [-0.2, -0.15) is 0 Å². The summed E-state index contributed by atoms with van der Waals surface area (Å²) in [4.78, 5) is 9.69. The number of nitrogens with two attached hydrogens (primary N) is 1. The topological polar surface area (TPSA) is 98.0 Å². The monoisotopic (exact) mass is 366 g/mol. The smallest absolute Gasteiger partial charge is 0.249 e. The third kappa shape index (κ3) is 3.75. The van der Waals surface area contributed by atoms with Gasteiger partial charge in [0.25, 0.3) is 0 Å². The molecule has 0 unspecified atom stereocenters. The first-order valence-corrected chi connectivity index (χ1v) is 9.85. The number of hydrogen-bond acceptors (Lipinski definition) is 7. The van der Waals surface area contributed by atoms with Crippen molar-refractivity contribution in [1.82, 2.24) is 9.97 Å². The number of sulfonamides is 1. The van der Waals surface area contributed by atoms with Crippen LogP contribution in [0.2, 0.25) is 0 Å². The number of benzene rings is 1. The molecule has 0 aliphatic heterocycles. The lowest BCUT2D eigenvalue weighted by Gasteiger charge is -2.00. The van der Waals surface area contributed by atoms with Crippen molar-refractivity contribution in [1.29, 1.82) is 0 Å². The highest BCUT2D eigenvalue weighted by molar-refractivity contribution is 7.91. The molecule has 0 saturated carbocycles. The molecular weight excluding hydrogens is 352 g/mol. The Morgan fingerprint density at radius 1 is 1.22 bits per heavy atom. The minimum absolute atomic E-state index is 0.0472. The lowest BCUT2D eigenvalue weighted by atomic mass is 10.2. The van der Waals surface area contributed by atoms with E-state index in [0.29, 0.717) is 11.7 Å². The molecule has 2 heterocycles. The van der Waals surface area contributed by atoms with E-state index in [-0.39, 0.29) is 4.21 Å². The third-order valence-electron chi connectivity index (χ3n) is 3.08. The molecule has 0 radical (unpaired) electrons. The second-order valence-electron chi connectivity index (χ2n) is 4.78. The highest BCUT2D eigenvalue weighted by Gasteiger charge is 2.14. The average Bonchev–Trinajstić information content (AvgIpc) is 3.12. The van der Waals surface area contributed by atoms with Crippen LogP contribution < -0.4 is 10.5 Å². The van der Waals surface area contributed by atoms with Gasteiger partial charge in [0, 0.05) is 10.4 Å². The largest absolute Gasteiger partial charge is 0.357 e. The maximum atomic E-state index is 11.2. The summed E-state index contributed by atoms with van der Waals surface area (Å²) < 4.78 is 22.5. The third-order valence-corrected chi connectivity index (χ3v) is 6.65. The van der Waals surface area contributed by atoms with Crippen LogP contribution in [0.3, 0.4) is 0 Å². The fraction of sp³-hybridized carbons (Fsp3) is 0.143. The van der Waals surface area contributed by atoms with Gasteiger partial charge in [-0.1, -0.05) is 41.7 Å². The Balaban J connectivity index is 1.74. The van der Waals surface area contributed by atoms with Crippen LogP contribution >= 0.6 is 22.7 Å². The van der Waals surface area contributed by atoms with E-state index < -0.39 is 10.0 Å². The molecule has 0 bridgehead atoms. The van der Waals surface area contributed by atoms with Crippen molar-refractivity contribution in [3.8, 4) is 10.6 Å². The van der Waals surface area contributed by atoms with Crippen LogP contribution in [0.1, 0.15) is 10.6 Å². The first-order chi connectivity index (χ1) is 10.9. The Morgan fingerprint density at radius 2 is 1.96 bits per heavy atom. The average molecular weight is 366 g/mol. The molecule has 23 heavy (non-hydrogen) atoms. The molecule has 0 atom stereocenters. The van der Waals surface area contributed by atoms with Crippen molar-refractivity contribution >= 4 is 37.8 Å². The summed E-state index contributed by atoms with van der Waals surface area (Å²) in [5.74, 6) is 0. The van der Waals surface area contributed by atoms with Crippen LogP contribution in [0.4, 0.5) is 5.13 Å². The molecule has 0 spiro atoms. The van der Waals surface area contributed by atoms with Crippen LogP contribution in [0.15, 0.2) is 40.7 Å². The summed E-state index contributed by atoms with van der Waals surface area (Å²) in [6, 6.07) is 9.98. The molecule has 6 nitrogen and oxygen atoms in total. The Labute approximate surface area is 142 Å². The van der Waals surface area contributed by atoms with Crippen molar-refractivity contribution < 1.29 is 8.42 Å². The zero-order valence-corrected chi connectivity index (χ0v) is 14.6. The fourth-order valence-corrected chi connectivity index (χ4v) is 4.38. The van der Waals surface area contributed by atoms with Crippen molar-refractivity contribution in [2.24, 2.45) is 5.14 Å². The lowest BCUT2D eigenvalue weighted by Crippen LogP contribution is -2.09. The van der Waals surface area contributed by atoms with Gasteiger partial charge in [0.15, 0.2) is 9.34 Å². The number of primary sulfonamides is 1. The van der Waals surface area contributed by atoms with Gasteiger partial charge in [-0.25, -0.2) is 23.5 Å². The minimum atomic E-state index is -3.70. The Morgan fingerprint density at radius 3 is 2.61 bits per heavy atom. The molecule has 120 valence electrons. The van der Waals surface area contributed by atoms with Gasteiger partial charge in [-0.05, 0) is 6.92 Å². The van der Waals surface area contributed by atoms with Crippen LogP contribution in [-0.2, 0) is 16.6 Å². The van der Waals surface area contributed by atoms with Crippen molar-refractivity contribution in [2.75, 3.05) is 5.32 Å².